The summed E-state index contributed by atoms with van der Waals surface area (Å²) in [7, 11) is 0. The molecular weight excluding hydrogens is 304 g/mol. The molecule has 2 aromatic rings. The van der Waals surface area contributed by atoms with Crippen molar-refractivity contribution in [3.8, 4) is 0 Å². The van der Waals surface area contributed by atoms with Gasteiger partial charge in [-0.2, -0.15) is 0 Å². The SMILES string of the molecule is Nc1cccc(C(=O)OCc2ccc(F)c(Cl)c2)c1Cl. The summed E-state index contributed by atoms with van der Waals surface area (Å²) in [6.07, 6.45) is 0. The van der Waals surface area contributed by atoms with Crippen LogP contribution < -0.4 is 5.73 Å². The van der Waals surface area contributed by atoms with Crippen molar-refractivity contribution >= 4 is 34.9 Å². The van der Waals surface area contributed by atoms with Gasteiger partial charge in [0.05, 0.1) is 21.3 Å². The summed E-state index contributed by atoms with van der Waals surface area (Å²) in [4.78, 5) is 11.9. The van der Waals surface area contributed by atoms with E-state index >= 15 is 0 Å². The lowest BCUT2D eigenvalue weighted by Gasteiger charge is -2.08. The summed E-state index contributed by atoms with van der Waals surface area (Å²) in [5.41, 5.74) is 6.65. The van der Waals surface area contributed by atoms with Gasteiger partial charge in [0.1, 0.15) is 12.4 Å². The highest BCUT2D eigenvalue weighted by atomic mass is 35.5. The Morgan fingerprint density at radius 3 is 2.70 bits per heavy atom. The van der Waals surface area contributed by atoms with Gasteiger partial charge in [-0.3, -0.25) is 0 Å². The van der Waals surface area contributed by atoms with Crippen molar-refractivity contribution in [2.24, 2.45) is 0 Å². The fraction of sp³-hybridized carbons (Fsp3) is 0.0714. The van der Waals surface area contributed by atoms with Gasteiger partial charge in [0.15, 0.2) is 0 Å². The summed E-state index contributed by atoms with van der Waals surface area (Å²) >= 11 is 11.6. The quantitative estimate of drug-likeness (QED) is 0.686. The maximum Gasteiger partial charge on any atom is 0.340 e. The summed E-state index contributed by atoms with van der Waals surface area (Å²) in [6.45, 7) is -0.0377. The van der Waals surface area contributed by atoms with E-state index in [1.54, 1.807) is 12.1 Å². The first-order valence-electron chi connectivity index (χ1n) is 5.64. The van der Waals surface area contributed by atoms with Crippen molar-refractivity contribution in [1.82, 2.24) is 0 Å². The molecular formula is C14H10Cl2FNO2. The van der Waals surface area contributed by atoms with Gasteiger partial charge in [0, 0.05) is 0 Å². The molecule has 0 saturated heterocycles. The number of carbonyl (C=O) groups excluding carboxylic acids is 1. The standard InChI is InChI=1S/C14H10Cl2FNO2/c15-10-6-8(4-5-11(10)17)7-20-14(19)9-2-1-3-12(18)13(9)16/h1-6H,7,18H2. The van der Waals surface area contributed by atoms with Crippen LogP contribution >= 0.6 is 23.2 Å². The van der Waals surface area contributed by atoms with E-state index in [9.17, 15) is 9.18 Å². The minimum atomic E-state index is -0.609. The van der Waals surface area contributed by atoms with Gasteiger partial charge in [-0.15, -0.1) is 0 Å². The average molecular weight is 314 g/mol. The van der Waals surface area contributed by atoms with Crippen LogP contribution in [0.5, 0.6) is 0 Å². The second-order valence-electron chi connectivity index (χ2n) is 4.03. The van der Waals surface area contributed by atoms with Crippen LogP contribution in [0.1, 0.15) is 15.9 Å². The van der Waals surface area contributed by atoms with Gasteiger partial charge in [0.25, 0.3) is 0 Å². The van der Waals surface area contributed by atoms with Crippen molar-refractivity contribution < 1.29 is 13.9 Å². The van der Waals surface area contributed by atoms with E-state index in [1.807, 2.05) is 0 Å². The number of rotatable bonds is 3. The smallest absolute Gasteiger partial charge is 0.340 e. The topological polar surface area (TPSA) is 52.3 Å². The number of esters is 1. The summed E-state index contributed by atoms with van der Waals surface area (Å²) < 4.78 is 18.1. The molecule has 0 radical (unpaired) electrons. The van der Waals surface area contributed by atoms with Crippen LogP contribution in [0.25, 0.3) is 0 Å². The number of anilines is 1. The van der Waals surface area contributed by atoms with Crippen LogP contribution in [0.3, 0.4) is 0 Å². The molecule has 0 spiro atoms. The lowest BCUT2D eigenvalue weighted by molar-refractivity contribution is 0.0473. The molecule has 0 fully saturated rings. The Bertz CT molecular complexity index is 662. The Hall–Kier alpha value is -1.78. The van der Waals surface area contributed by atoms with Crippen molar-refractivity contribution in [3.05, 3.63) is 63.4 Å². The van der Waals surface area contributed by atoms with E-state index in [-0.39, 0.29) is 22.2 Å². The van der Waals surface area contributed by atoms with Gasteiger partial charge in [-0.25, -0.2) is 9.18 Å². The van der Waals surface area contributed by atoms with Gasteiger partial charge < -0.3 is 10.5 Å². The lowest BCUT2D eigenvalue weighted by Crippen LogP contribution is -2.07. The molecule has 0 heterocycles. The number of hydrogen-bond acceptors (Lipinski definition) is 3. The number of nitrogens with two attached hydrogens (primary N) is 1. The van der Waals surface area contributed by atoms with E-state index < -0.39 is 11.8 Å². The molecule has 0 bridgehead atoms. The molecule has 0 aliphatic heterocycles. The molecule has 2 N–H and O–H groups in total. The van der Waals surface area contributed by atoms with E-state index in [0.29, 0.717) is 11.3 Å². The third-order valence-electron chi connectivity index (χ3n) is 2.60. The zero-order valence-corrected chi connectivity index (χ0v) is 11.7. The molecule has 2 aromatic carbocycles. The molecule has 3 nitrogen and oxygen atoms in total. The average Bonchev–Trinajstić information content (AvgIpc) is 2.43. The van der Waals surface area contributed by atoms with Gasteiger partial charge >= 0.3 is 5.97 Å². The van der Waals surface area contributed by atoms with Crippen LogP contribution in [0.2, 0.25) is 10.0 Å². The van der Waals surface area contributed by atoms with Crippen LogP contribution in [0.4, 0.5) is 10.1 Å². The number of nitrogen functional groups attached to an aromatic ring is 1. The summed E-state index contributed by atoms with van der Waals surface area (Å²) in [5, 5.41) is 0.121. The molecule has 0 atom stereocenters. The Kier molecular flexibility index (Phi) is 4.47. The molecule has 6 heteroatoms. The number of hydrogen-bond donors (Lipinski definition) is 1. The van der Waals surface area contributed by atoms with Gasteiger partial charge in [-0.1, -0.05) is 35.3 Å². The Morgan fingerprint density at radius 1 is 1.25 bits per heavy atom. The summed E-state index contributed by atoms with van der Waals surface area (Å²) in [5.74, 6) is -1.14. The normalized spacial score (nSPS) is 10.3. The van der Waals surface area contributed by atoms with Crippen LogP contribution in [-0.2, 0) is 11.3 Å². The van der Waals surface area contributed by atoms with E-state index in [4.69, 9.17) is 33.7 Å². The predicted molar refractivity (Wildman–Crippen MR) is 76.4 cm³/mol. The first-order chi connectivity index (χ1) is 9.49. The molecule has 0 amide bonds. The van der Waals surface area contributed by atoms with Crippen LogP contribution in [0, 0.1) is 5.82 Å². The number of carbonyl (C=O) groups is 1. The van der Waals surface area contributed by atoms with E-state index in [2.05, 4.69) is 0 Å². The maximum atomic E-state index is 13.0. The Morgan fingerprint density at radius 2 is 2.00 bits per heavy atom. The van der Waals surface area contributed by atoms with E-state index in [1.165, 1.54) is 24.3 Å². The highest BCUT2D eigenvalue weighted by Gasteiger charge is 2.14. The summed E-state index contributed by atoms with van der Waals surface area (Å²) in [6, 6.07) is 8.78. The molecule has 20 heavy (non-hydrogen) atoms. The number of ether oxygens (including phenoxy) is 1. The Labute approximate surface area is 125 Å². The predicted octanol–water partition coefficient (Wildman–Crippen LogP) is 4.07. The second kappa shape index (κ2) is 6.11. The largest absolute Gasteiger partial charge is 0.457 e. The first kappa shape index (κ1) is 14.6. The van der Waals surface area contributed by atoms with Crippen LogP contribution in [-0.4, -0.2) is 5.97 Å². The lowest BCUT2D eigenvalue weighted by atomic mass is 10.2. The molecule has 0 aromatic heterocycles. The molecule has 104 valence electrons. The van der Waals surface area contributed by atoms with E-state index in [0.717, 1.165) is 0 Å². The highest BCUT2D eigenvalue weighted by molar-refractivity contribution is 6.36. The molecule has 0 unspecified atom stereocenters. The van der Waals surface area contributed by atoms with Crippen molar-refractivity contribution in [3.63, 3.8) is 0 Å². The number of halogens is 3. The highest BCUT2D eigenvalue weighted by Crippen LogP contribution is 2.24. The second-order valence-corrected chi connectivity index (χ2v) is 4.82. The van der Waals surface area contributed by atoms with Gasteiger partial charge in [-0.05, 0) is 29.8 Å². The minimum Gasteiger partial charge on any atom is -0.457 e. The zero-order chi connectivity index (χ0) is 14.7. The monoisotopic (exact) mass is 313 g/mol. The molecule has 0 saturated carbocycles. The van der Waals surface area contributed by atoms with Crippen molar-refractivity contribution in [1.29, 1.82) is 0 Å². The van der Waals surface area contributed by atoms with Crippen molar-refractivity contribution in [2.45, 2.75) is 6.61 Å². The minimum absolute atomic E-state index is 0.0273. The van der Waals surface area contributed by atoms with Crippen LogP contribution in [0.15, 0.2) is 36.4 Å². The maximum absolute atomic E-state index is 13.0. The molecule has 0 aliphatic carbocycles. The van der Waals surface area contributed by atoms with Gasteiger partial charge in [0.2, 0.25) is 0 Å². The number of benzene rings is 2. The van der Waals surface area contributed by atoms with Crippen molar-refractivity contribution in [2.75, 3.05) is 5.73 Å². The fourth-order valence-electron chi connectivity index (χ4n) is 1.56. The zero-order valence-electron chi connectivity index (χ0n) is 10.2. The third-order valence-corrected chi connectivity index (χ3v) is 3.31. The third kappa shape index (κ3) is 3.21. The molecule has 2 rings (SSSR count). The molecule has 0 aliphatic rings. The Balaban J connectivity index is 2.08. The fourth-order valence-corrected chi connectivity index (χ4v) is 1.97. The first-order valence-corrected chi connectivity index (χ1v) is 6.39.